The quantitative estimate of drug-likeness (QED) is 0.895. The van der Waals surface area contributed by atoms with Crippen LogP contribution in [0.3, 0.4) is 0 Å². The van der Waals surface area contributed by atoms with Gasteiger partial charge in [-0.3, -0.25) is 4.79 Å². The van der Waals surface area contributed by atoms with Crippen LogP contribution in [0, 0.1) is 0 Å². The minimum absolute atomic E-state index is 0.138. The van der Waals surface area contributed by atoms with Gasteiger partial charge in [-0.2, -0.15) is 0 Å². The average molecular weight is 323 g/mol. The Balaban J connectivity index is 1.80. The number of rotatable bonds is 5. The lowest BCUT2D eigenvalue weighted by Crippen LogP contribution is -2.45. The van der Waals surface area contributed by atoms with Crippen LogP contribution in [0.4, 0.5) is 0 Å². The zero-order chi connectivity index (χ0) is 16.8. The van der Waals surface area contributed by atoms with Gasteiger partial charge >= 0.3 is 0 Å². The van der Waals surface area contributed by atoms with Crippen LogP contribution in [0.5, 0.6) is 5.75 Å². The molecule has 0 radical (unpaired) electrons. The van der Waals surface area contributed by atoms with Gasteiger partial charge in [-0.25, -0.2) is 0 Å². The highest BCUT2D eigenvalue weighted by molar-refractivity contribution is 5.88. The SMILES string of the molecule is COc1ccccc1CNC(=O)C1(c2ccccc2)CCCCC1. The Bertz CT molecular complexity index is 675. The summed E-state index contributed by atoms with van der Waals surface area (Å²) in [6.07, 6.45) is 5.28. The number of methoxy groups -OCH3 is 1. The Morgan fingerprint density at radius 2 is 1.67 bits per heavy atom. The van der Waals surface area contributed by atoms with Crippen molar-refractivity contribution in [1.29, 1.82) is 0 Å². The lowest BCUT2D eigenvalue weighted by molar-refractivity contribution is -0.128. The van der Waals surface area contributed by atoms with E-state index in [1.54, 1.807) is 7.11 Å². The van der Waals surface area contributed by atoms with Gasteiger partial charge in [0.25, 0.3) is 0 Å². The van der Waals surface area contributed by atoms with E-state index in [4.69, 9.17) is 4.74 Å². The maximum Gasteiger partial charge on any atom is 0.230 e. The first-order valence-electron chi connectivity index (χ1n) is 8.72. The van der Waals surface area contributed by atoms with Gasteiger partial charge in [0.05, 0.1) is 12.5 Å². The summed E-state index contributed by atoms with van der Waals surface area (Å²) < 4.78 is 5.38. The number of hydrogen-bond donors (Lipinski definition) is 1. The fourth-order valence-electron chi connectivity index (χ4n) is 3.75. The van der Waals surface area contributed by atoms with Crippen molar-refractivity contribution in [3.8, 4) is 5.75 Å². The van der Waals surface area contributed by atoms with Crippen LogP contribution >= 0.6 is 0 Å². The summed E-state index contributed by atoms with van der Waals surface area (Å²) in [5.74, 6) is 0.953. The highest BCUT2D eigenvalue weighted by Gasteiger charge is 2.40. The van der Waals surface area contributed by atoms with Crippen molar-refractivity contribution >= 4 is 5.91 Å². The average Bonchev–Trinajstić information content (AvgIpc) is 2.67. The molecule has 0 spiro atoms. The summed E-state index contributed by atoms with van der Waals surface area (Å²) in [5.41, 5.74) is 1.76. The van der Waals surface area contributed by atoms with E-state index < -0.39 is 0 Å². The summed E-state index contributed by atoms with van der Waals surface area (Å²) >= 11 is 0. The Kier molecular flexibility index (Phi) is 5.19. The number of carbonyl (C=O) groups is 1. The topological polar surface area (TPSA) is 38.3 Å². The first-order valence-corrected chi connectivity index (χ1v) is 8.72. The minimum atomic E-state index is -0.387. The summed E-state index contributed by atoms with van der Waals surface area (Å²) in [6.45, 7) is 0.497. The van der Waals surface area contributed by atoms with E-state index in [0.717, 1.165) is 42.6 Å². The summed E-state index contributed by atoms with van der Waals surface area (Å²) in [5, 5.41) is 3.16. The molecule has 1 aliphatic carbocycles. The molecule has 0 bridgehead atoms. The van der Waals surface area contributed by atoms with Gasteiger partial charge in [-0.1, -0.05) is 67.8 Å². The second kappa shape index (κ2) is 7.52. The van der Waals surface area contributed by atoms with Crippen LogP contribution in [0.2, 0.25) is 0 Å². The molecule has 1 N–H and O–H groups in total. The molecule has 0 unspecified atom stereocenters. The molecule has 0 aromatic heterocycles. The van der Waals surface area contributed by atoms with Crippen LogP contribution < -0.4 is 10.1 Å². The van der Waals surface area contributed by atoms with E-state index in [1.807, 2.05) is 42.5 Å². The maximum atomic E-state index is 13.1. The third kappa shape index (κ3) is 3.30. The van der Waals surface area contributed by atoms with E-state index in [1.165, 1.54) is 6.42 Å². The fourth-order valence-corrected chi connectivity index (χ4v) is 3.75. The fraction of sp³-hybridized carbons (Fsp3) is 0.381. The highest BCUT2D eigenvalue weighted by Crippen LogP contribution is 2.39. The second-order valence-electron chi connectivity index (χ2n) is 6.50. The third-order valence-corrected chi connectivity index (χ3v) is 5.10. The van der Waals surface area contributed by atoms with E-state index in [9.17, 15) is 4.79 Å². The van der Waals surface area contributed by atoms with E-state index >= 15 is 0 Å². The molecule has 3 nitrogen and oxygen atoms in total. The van der Waals surface area contributed by atoms with Crippen molar-refractivity contribution in [2.75, 3.05) is 7.11 Å². The number of para-hydroxylation sites is 1. The van der Waals surface area contributed by atoms with Gasteiger partial charge < -0.3 is 10.1 Å². The lowest BCUT2D eigenvalue weighted by atomic mass is 9.68. The van der Waals surface area contributed by atoms with Crippen molar-refractivity contribution in [1.82, 2.24) is 5.32 Å². The lowest BCUT2D eigenvalue weighted by Gasteiger charge is -2.36. The standard InChI is InChI=1S/C21H25NO2/c1-24-19-13-7-6-10-17(19)16-22-20(23)21(14-8-3-9-15-21)18-11-4-2-5-12-18/h2,4-7,10-13H,3,8-9,14-16H2,1H3,(H,22,23). The van der Waals surface area contributed by atoms with Crippen LogP contribution in [-0.2, 0) is 16.8 Å². The molecule has 24 heavy (non-hydrogen) atoms. The number of hydrogen-bond acceptors (Lipinski definition) is 2. The molecule has 0 saturated heterocycles. The third-order valence-electron chi connectivity index (χ3n) is 5.10. The van der Waals surface area contributed by atoms with Crippen LogP contribution in [0.25, 0.3) is 0 Å². The molecule has 3 heteroatoms. The molecule has 0 aliphatic heterocycles. The van der Waals surface area contributed by atoms with E-state index in [0.29, 0.717) is 6.54 Å². The predicted molar refractivity (Wildman–Crippen MR) is 96.0 cm³/mol. The Morgan fingerprint density at radius 1 is 1.00 bits per heavy atom. The van der Waals surface area contributed by atoms with Crippen molar-refractivity contribution in [2.45, 2.75) is 44.1 Å². The van der Waals surface area contributed by atoms with Gasteiger partial charge in [-0.05, 0) is 24.5 Å². The molecular weight excluding hydrogens is 298 g/mol. The van der Waals surface area contributed by atoms with Crippen LogP contribution in [-0.4, -0.2) is 13.0 Å². The first-order chi connectivity index (χ1) is 11.8. The molecule has 2 aromatic rings. The monoisotopic (exact) mass is 323 g/mol. The number of carbonyl (C=O) groups excluding carboxylic acids is 1. The largest absolute Gasteiger partial charge is 0.496 e. The molecule has 0 atom stereocenters. The molecule has 1 aliphatic rings. The summed E-state index contributed by atoms with van der Waals surface area (Å²) in [6, 6.07) is 18.1. The predicted octanol–water partition coefficient (Wildman–Crippen LogP) is 4.21. The number of benzene rings is 2. The van der Waals surface area contributed by atoms with Crippen molar-refractivity contribution < 1.29 is 9.53 Å². The zero-order valence-corrected chi connectivity index (χ0v) is 14.3. The Hall–Kier alpha value is -2.29. The molecular formula is C21H25NO2. The van der Waals surface area contributed by atoms with Crippen LogP contribution in [0.15, 0.2) is 54.6 Å². The van der Waals surface area contributed by atoms with Gasteiger partial charge in [0.2, 0.25) is 5.91 Å². The maximum absolute atomic E-state index is 13.1. The summed E-state index contributed by atoms with van der Waals surface area (Å²) in [7, 11) is 1.66. The van der Waals surface area contributed by atoms with E-state index in [2.05, 4.69) is 17.4 Å². The molecule has 1 saturated carbocycles. The molecule has 1 amide bonds. The van der Waals surface area contributed by atoms with Crippen molar-refractivity contribution in [2.24, 2.45) is 0 Å². The zero-order valence-electron chi connectivity index (χ0n) is 14.3. The molecule has 126 valence electrons. The molecule has 1 fully saturated rings. The van der Waals surface area contributed by atoms with Gasteiger partial charge in [0.15, 0.2) is 0 Å². The Labute approximate surface area is 144 Å². The molecule has 2 aromatic carbocycles. The second-order valence-corrected chi connectivity index (χ2v) is 6.50. The van der Waals surface area contributed by atoms with Crippen molar-refractivity contribution in [3.63, 3.8) is 0 Å². The normalized spacial score (nSPS) is 16.4. The smallest absolute Gasteiger partial charge is 0.230 e. The van der Waals surface area contributed by atoms with Gasteiger partial charge in [-0.15, -0.1) is 0 Å². The van der Waals surface area contributed by atoms with Gasteiger partial charge in [0.1, 0.15) is 5.75 Å². The minimum Gasteiger partial charge on any atom is -0.496 e. The summed E-state index contributed by atoms with van der Waals surface area (Å²) in [4.78, 5) is 13.1. The number of amides is 1. The number of ether oxygens (including phenoxy) is 1. The van der Waals surface area contributed by atoms with Crippen LogP contribution in [0.1, 0.15) is 43.2 Å². The van der Waals surface area contributed by atoms with Crippen molar-refractivity contribution in [3.05, 3.63) is 65.7 Å². The molecule has 3 rings (SSSR count). The highest BCUT2D eigenvalue weighted by atomic mass is 16.5. The Morgan fingerprint density at radius 3 is 2.38 bits per heavy atom. The van der Waals surface area contributed by atoms with Gasteiger partial charge in [0, 0.05) is 12.1 Å². The number of nitrogens with one attached hydrogen (secondary N) is 1. The first kappa shape index (κ1) is 16.6. The van der Waals surface area contributed by atoms with E-state index in [-0.39, 0.29) is 11.3 Å². The molecule has 0 heterocycles.